The molecule has 0 heterocycles. The third-order valence-corrected chi connectivity index (χ3v) is 1.62. The van der Waals surface area contributed by atoms with E-state index in [9.17, 15) is 0 Å². The van der Waals surface area contributed by atoms with Gasteiger partial charge in [-0.25, -0.2) is 0 Å². The second-order valence-corrected chi connectivity index (χ2v) is 3.57. The minimum atomic E-state index is -0.163. The quantitative estimate of drug-likeness (QED) is 0.445. The molecule has 0 aromatic carbocycles. The maximum atomic E-state index is 8.32. The van der Waals surface area contributed by atoms with Crippen LogP contribution in [0.5, 0.6) is 0 Å². The first-order valence-electron chi connectivity index (χ1n) is 5.03. The Labute approximate surface area is 81.0 Å². The van der Waals surface area contributed by atoms with Crippen molar-refractivity contribution in [1.82, 2.24) is 0 Å². The van der Waals surface area contributed by atoms with Crippen LogP contribution in [0, 0.1) is 5.92 Å². The van der Waals surface area contributed by atoms with Crippen LogP contribution in [0.15, 0.2) is 0 Å². The molecule has 0 bridgehead atoms. The highest BCUT2D eigenvalue weighted by Gasteiger charge is 1.93. The third-order valence-electron chi connectivity index (χ3n) is 1.62. The summed E-state index contributed by atoms with van der Waals surface area (Å²) in [7, 11) is 0. The molecule has 0 aliphatic rings. The zero-order chi connectivity index (χ0) is 9.94. The lowest BCUT2D eigenvalue weighted by molar-refractivity contribution is -0.00345. The maximum absolute atomic E-state index is 8.32. The van der Waals surface area contributed by atoms with Crippen LogP contribution in [-0.4, -0.2) is 31.7 Å². The average molecular weight is 190 g/mol. The second-order valence-electron chi connectivity index (χ2n) is 3.57. The maximum Gasteiger partial charge on any atom is 0.143 e. The summed E-state index contributed by atoms with van der Waals surface area (Å²) in [6, 6.07) is 0. The number of rotatable bonds is 9. The Morgan fingerprint density at radius 3 is 2.15 bits per heavy atom. The van der Waals surface area contributed by atoms with E-state index in [2.05, 4.69) is 13.8 Å². The van der Waals surface area contributed by atoms with Crippen LogP contribution >= 0.6 is 0 Å². The monoisotopic (exact) mass is 190 g/mol. The molecule has 3 nitrogen and oxygen atoms in total. The highest BCUT2D eigenvalue weighted by Crippen LogP contribution is 1.98. The van der Waals surface area contributed by atoms with E-state index in [-0.39, 0.29) is 6.79 Å². The average Bonchev–Trinajstić information content (AvgIpc) is 2.09. The van der Waals surface area contributed by atoms with E-state index in [1.807, 2.05) is 0 Å². The summed E-state index contributed by atoms with van der Waals surface area (Å²) < 4.78 is 10.2. The number of hydrogen-bond donors (Lipinski definition) is 1. The SMILES string of the molecule is CC(C)COCCCCCOCO. The van der Waals surface area contributed by atoms with Crippen LogP contribution in [0.4, 0.5) is 0 Å². The van der Waals surface area contributed by atoms with Crippen LogP contribution < -0.4 is 0 Å². The zero-order valence-electron chi connectivity index (χ0n) is 8.79. The van der Waals surface area contributed by atoms with Gasteiger partial charge >= 0.3 is 0 Å². The molecule has 1 N–H and O–H groups in total. The van der Waals surface area contributed by atoms with Gasteiger partial charge in [0.05, 0.1) is 0 Å². The van der Waals surface area contributed by atoms with Crippen LogP contribution in [0.2, 0.25) is 0 Å². The first kappa shape index (κ1) is 12.9. The summed E-state index contributed by atoms with van der Waals surface area (Å²) in [6.45, 7) is 6.49. The van der Waals surface area contributed by atoms with Gasteiger partial charge in [-0.3, -0.25) is 0 Å². The number of aliphatic hydroxyl groups is 1. The van der Waals surface area contributed by atoms with Crippen molar-refractivity contribution < 1.29 is 14.6 Å². The molecule has 0 aromatic rings. The number of hydrogen-bond acceptors (Lipinski definition) is 3. The van der Waals surface area contributed by atoms with Gasteiger partial charge in [-0.2, -0.15) is 0 Å². The summed E-state index contributed by atoms with van der Waals surface area (Å²) in [4.78, 5) is 0. The van der Waals surface area contributed by atoms with Crippen molar-refractivity contribution in [2.75, 3.05) is 26.6 Å². The van der Waals surface area contributed by atoms with E-state index in [0.717, 1.165) is 32.5 Å². The smallest absolute Gasteiger partial charge is 0.143 e. The molecule has 0 saturated carbocycles. The molecule has 0 saturated heterocycles. The van der Waals surface area contributed by atoms with Gasteiger partial charge in [-0.1, -0.05) is 13.8 Å². The molecular formula is C10H22O3. The van der Waals surface area contributed by atoms with Crippen molar-refractivity contribution in [3.8, 4) is 0 Å². The fraction of sp³-hybridized carbons (Fsp3) is 1.00. The first-order chi connectivity index (χ1) is 6.27. The Morgan fingerprint density at radius 2 is 1.62 bits per heavy atom. The molecular weight excluding hydrogens is 168 g/mol. The molecule has 0 aromatic heterocycles. The molecule has 0 spiro atoms. The lowest BCUT2D eigenvalue weighted by atomic mass is 10.2. The summed E-state index contributed by atoms with van der Waals surface area (Å²) in [5.74, 6) is 0.623. The van der Waals surface area contributed by atoms with Crippen LogP contribution in [0.3, 0.4) is 0 Å². The van der Waals surface area contributed by atoms with Gasteiger partial charge in [0, 0.05) is 19.8 Å². The van der Waals surface area contributed by atoms with Gasteiger partial charge in [-0.05, 0) is 25.2 Å². The van der Waals surface area contributed by atoms with E-state index in [0.29, 0.717) is 12.5 Å². The van der Waals surface area contributed by atoms with Crippen molar-refractivity contribution in [1.29, 1.82) is 0 Å². The van der Waals surface area contributed by atoms with Crippen molar-refractivity contribution in [2.24, 2.45) is 5.92 Å². The summed E-state index contributed by atoms with van der Waals surface area (Å²) >= 11 is 0. The van der Waals surface area contributed by atoms with Crippen molar-refractivity contribution in [2.45, 2.75) is 33.1 Å². The standard InChI is InChI=1S/C10H22O3/c1-10(2)8-12-6-4-3-5-7-13-9-11/h10-11H,3-9H2,1-2H3. The van der Waals surface area contributed by atoms with Crippen molar-refractivity contribution in [3.05, 3.63) is 0 Å². The molecule has 80 valence electrons. The van der Waals surface area contributed by atoms with Gasteiger partial charge in [0.15, 0.2) is 0 Å². The van der Waals surface area contributed by atoms with Crippen molar-refractivity contribution >= 4 is 0 Å². The summed E-state index contributed by atoms with van der Waals surface area (Å²) in [6.07, 6.45) is 3.20. The van der Waals surface area contributed by atoms with E-state index in [1.54, 1.807) is 0 Å². The predicted molar refractivity (Wildman–Crippen MR) is 52.5 cm³/mol. The van der Waals surface area contributed by atoms with E-state index < -0.39 is 0 Å². The van der Waals surface area contributed by atoms with Crippen LogP contribution in [0.1, 0.15) is 33.1 Å². The molecule has 0 aliphatic carbocycles. The van der Waals surface area contributed by atoms with Crippen LogP contribution in [0.25, 0.3) is 0 Å². The lowest BCUT2D eigenvalue weighted by Crippen LogP contribution is -2.03. The Kier molecular flexibility index (Phi) is 9.87. The predicted octanol–water partition coefficient (Wildman–Crippen LogP) is 1.80. The van der Waals surface area contributed by atoms with Gasteiger partial charge in [-0.15, -0.1) is 0 Å². The third kappa shape index (κ3) is 11.9. The molecule has 0 atom stereocenters. The largest absolute Gasteiger partial charge is 0.381 e. The fourth-order valence-electron chi connectivity index (χ4n) is 0.969. The van der Waals surface area contributed by atoms with Gasteiger partial charge < -0.3 is 14.6 Å². The van der Waals surface area contributed by atoms with Gasteiger partial charge in [0.2, 0.25) is 0 Å². The topological polar surface area (TPSA) is 38.7 Å². The fourth-order valence-corrected chi connectivity index (χ4v) is 0.969. The van der Waals surface area contributed by atoms with Gasteiger partial charge in [0.25, 0.3) is 0 Å². The molecule has 13 heavy (non-hydrogen) atoms. The molecule has 0 amide bonds. The highest BCUT2D eigenvalue weighted by molar-refractivity contribution is 4.42. The van der Waals surface area contributed by atoms with Gasteiger partial charge in [0.1, 0.15) is 6.79 Å². The Hall–Kier alpha value is -0.120. The van der Waals surface area contributed by atoms with E-state index in [4.69, 9.17) is 14.6 Å². The molecule has 0 radical (unpaired) electrons. The van der Waals surface area contributed by atoms with E-state index >= 15 is 0 Å². The molecule has 3 heteroatoms. The zero-order valence-corrected chi connectivity index (χ0v) is 8.79. The number of ether oxygens (including phenoxy) is 2. The van der Waals surface area contributed by atoms with E-state index in [1.165, 1.54) is 0 Å². The lowest BCUT2D eigenvalue weighted by Gasteiger charge is -2.06. The highest BCUT2D eigenvalue weighted by atomic mass is 16.6. The minimum Gasteiger partial charge on any atom is -0.381 e. The van der Waals surface area contributed by atoms with Crippen LogP contribution in [-0.2, 0) is 9.47 Å². The second kappa shape index (κ2) is 9.96. The Balaban J connectivity index is 2.84. The molecule has 0 unspecified atom stereocenters. The molecule has 0 rings (SSSR count). The number of unbranched alkanes of at least 4 members (excludes halogenated alkanes) is 2. The Bertz CT molecular complexity index is 94.2. The first-order valence-corrected chi connectivity index (χ1v) is 5.03. The number of aliphatic hydroxyl groups excluding tert-OH is 1. The minimum absolute atomic E-state index is 0.163. The normalized spacial score (nSPS) is 11.1. The Morgan fingerprint density at radius 1 is 1.00 bits per heavy atom. The summed E-state index contributed by atoms with van der Waals surface area (Å²) in [5, 5.41) is 8.32. The summed E-state index contributed by atoms with van der Waals surface area (Å²) in [5.41, 5.74) is 0. The molecule has 0 fully saturated rings. The molecule has 0 aliphatic heterocycles. The van der Waals surface area contributed by atoms with Crippen molar-refractivity contribution in [3.63, 3.8) is 0 Å².